The Bertz CT molecular complexity index is 837. The molecule has 6 nitrogen and oxygen atoms in total. The molecule has 1 atom stereocenters. The molecule has 2 aliphatic heterocycles. The highest BCUT2D eigenvalue weighted by Crippen LogP contribution is 2.28. The van der Waals surface area contributed by atoms with E-state index in [4.69, 9.17) is 4.98 Å². The molecule has 28 heavy (non-hydrogen) atoms. The van der Waals surface area contributed by atoms with Crippen LogP contribution in [0.2, 0.25) is 0 Å². The highest BCUT2D eigenvalue weighted by molar-refractivity contribution is 6.05. The lowest BCUT2D eigenvalue weighted by atomic mass is 9.90. The van der Waals surface area contributed by atoms with Gasteiger partial charge in [0, 0.05) is 26.1 Å². The van der Waals surface area contributed by atoms with Gasteiger partial charge in [0.15, 0.2) is 11.4 Å². The van der Waals surface area contributed by atoms with Crippen LogP contribution in [-0.4, -0.2) is 57.7 Å². The summed E-state index contributed by atoms with van der Waals surface area (Å²) in [5.41, 5.74) is 1.42. The van der Waals surface area contributed by atoms with E-state index in [0.717, 1.165) is 55.9 Å². The largest absolute Gasteiger partial charge is 0.354 e. The maximum atomic E-state index is 13.0. The summed E-state index contributed by atoms with van der Waals surface area (Å²) < 4.78 is 1.78. The van der Waals surface area contributed by atoms with E-state index in [1.54, 1.807) is 4.68 Å². The van der Waals surface area contributed by atoms with Gasteiger partial charge < -0.3 is 9.80 Å². The van der Waals surface area contributed by atoms with Crippen LogP contribution >= 0.6 is 0 Å². The predicted molar refractivity (Wildman–Crippen MR) is 113 cm³/mol. The molecular weight excluding hydrogens is 350 g/mol. The summed E-state index contributed by atoms with van der Waals surface area (Å²) in [7, 11) is 1.90. The van der Waals surface area contributed by atoms with Crippen molar-refractivity contribution in [1.29, 1.82) is 0 Å². The van der Waals surface area contributed by atoms with E-state index >= 15 is 0 Å². The number of hydrogen-bond acceptors (Lipinski definition) is 5. The maximum Gasteiger partial charge on any atom is 0.184 e. The van der Waals surface area contributed by atoms with Crippen LogP contribution in [0.5, 0.6) is 0 Å². The summed E-state index contributed by atoms with van der Waals surface area (Å²) in [6, 6.07) is 4.64. The molecule has 0 aliphatic carbocycles. The highest BCUT2D eigenvalue weighted by Gasteiger charge is 2.25. The average molecular weight is 384 g/mol. The Hall–Kier alpha value is -1.95. The molecule has 6 heteroatoms. The molecule has 0 radical (unpaired) electrons. The van der Waals surface area contributed by atoms with E-state index in [1.165, 1.54) is 19.3 Å². The summed E-state index contributed by atoms with van der Waals surface area (Å²) in [5.74, 6) is 1.66. The fraction of sp³-hybridized carbons (Fsp3) is 0.682. The van der Waals surface area contributed by atoms with E-state index in [2.05, 4.69) is 40.9 Å². The van der Waals surface area contributed by atoms with Crippen molar-refractivity contribution in [1.82, 2.24) is 19.7 Å². The topological polar surface area (TPSA) is 54.3 Å². The Balaban J connectivity index is 1.52. The van der Waals surface area contributed by atoms with Gasteiger partial charge in [-0.05, 0) is 76.7 Å². The molecule has 0 spiro atoms. The number of piperidine rings is 2. The molecule has 2 aromatic rings. The Kier molecular flexibility index (Phi) is 5.67. The molecule has 0 amide bonds. The molecular formula is C22H33N5O. The van der Waals surface area contributed by atoms with Gasteiger partial charge in [-0.15, -0.1) is 0 Å². The third-order valence-corrected chi connectivity index (χ3v) is 6.66. The molecule has 0 aromatic carbocycles. The molecule has 0 saturated carbocycles. The fourth-order valence-corrected chi connectivity index (χ4v) is 4.79. The van der Waals surface area contributed by atoms with E-state index in [0.29, 0.717) is 24.1 Å². The Morgan fingerprint density at radius 2 is 1.93 bits per heavy atom. The van der Waals surface area contributed by atoms with Gasteiger partial charge in [-0.1, -0.05) is 6.92 Å². The average Bonchev–Trinajstić information content (AvgIpc) is 3.05. The molecule has 2 saturated heterocycles. The number of rotatable bonds is 5. The number of nitrogens with zero attached hydrogens (tertiary/aromatic N) is 5. The van der Waals surface area contributed by atoms with E-state index < -0.39 is 0 Å². The van der Waals surface area contributed by atoms with Crippen LogP contribution in [0.3, 0.4) is 0 Å². The number of aryl methyl sites for hydroxylation is 1. The van der Waals surface area contributed by atoms with E-state index in [1.807, 2.05) is 7.05 Å². The number of pyridine rings is 1. The number of carbonyl (C=O) groups is 1. The second kappa shape index (κ2) is 8.19. The zero-order valence-electron chi connectivity index (χ0n) is 17.5. The van der Waals surface area contributed by atoms with Crippen molar-refractivity contribution in [3.8, 4) is 0 Å². The molecule has 2 aromatic heterocycles. The van der Waals surface area contributed by atoms with Crippen LogP contribution in [-0.2, 0) is 7.05 Å². The van der Waals surface area contributed by atoms with E-state index in [-0.39, 0.29) is 5.78 Å². The van der Waals surface area contributed by atoms with Crippen LogP contribution in [0, 0.1) is 5.92 Å². The van der Waals surface area contributed by atoms with Crippen LogP contribution in [0.25, 0.3) is 11.0 Å². The van der Waals surface area contributed by atoms with Gasteiger partial charge in [0.1, 0.15) is 11.5 Å². The molecule has 152 valence electrons. The summed E-state index contributed by atoms with van der Waals surface area (Å²) in [5, 5.41) is 5.46. The molecule has 4 rings (SSSR count). The number of Topliss-reactive ketones (excluding diaryl/α,β-unsaturated/α-hetero) is 1. The minimum absolute atomic E-state index is 0.168. The highest BCUT2D eigenvalue weighted by atomic mass is 16.1. The third kappa shape index (κ3) is 3.79. The number of ketones is 1. The van der Waals surface area contributed by atoms with Gasteiger partial charge in [-0.3, -0.25) is 4.79 Å². The zero-order chi connectivity index (χ0) is 19.7. The first kappa shape index (κ1) is 19.4. The second-order valence-electron chi connectivity index (χ2n) is 8.56. The van der Waals surface area contributed by atoms with E-state index in [9.17, 15) is 4.79 Å². The van der Waals surface area contributed by atoms with Gasteiger partial charge in [0.05, 0.1) is 5.39 Å². The van der Waals surface area contributed by atoms with Crippen molar-refractivity contribution < 1.29 is 4.79 Å². The molecule has 2 fully saturated rings. The number of carbonyl (C=O) groups excluding carboxylic acids is 1. The van der Waals surface area contributed by atoms with Crippen LogP contribution in [0.4, 0.5) is 5.82 Å². The minimum atomic E-state index is 0.168. The Morgan fingerprint density at radius 3 is 2.64 bits per heavy atom. The second-order valence-corrected chi connectivity index (χ2v) is 8.56. The van der Waals surface area contributed by atoms with Crippen LogP contribution in [0.15, 0.2) is 12.1 Å². The van der Waals surface area contributed by atoms with Gasteiger partial charge >= 0.3 is 0 Å². The number of likely N-dealkylation sites (tertiary alicyclic amines) is 1. The molecule has 0 bridgehead atoms. The molecule has 0 N–H and O–H groups in total. The number of aromatic nitrogens is 3. The van der Waals surface area contributed by atoms with Crippen molar-refractivity contribution in [3.05, 3.63) is 17.8 Å². The summed E-state index contributed by atoms with van der Waals surface area (Å²) >= 11 is 0. The third-order valence-electron chi connectivity index (χ3n) is 6.66. The van der Waals surface area contributed by atoms with Crippen molar-refractivity contribution in [2.45, 2.75) is 58.4 Å². The van der Waals surface area contributed by atoms with Crippen molar-refractivity contribution >= 4 is 22.6 Å². The molecule has 1 unspecified atom stereocenters. The lowest BCUT2D eigenvalue weighted by Crippen LogP contribution is -2.37. The number of fused-ring (bicyclic) bond motifs is 1. The van der Waals surface area contributed by atoms with Gasteiger partial charge in [-0.25, -0.2) is 9.67 Å². The normalized spacial score (nSPS) is 22.1. The smallest absolute Gasteiger partial charge is 0.184 e. The zero-order valence-corrected chi connectivity index (χ0v) is 17.5. The Morgan fingerprint density at radius 1 is 1.14 bits per heavy atom. The summed E-state index contributed by atoms with van der Waals surface area (Å²) in [6.07, 6.45) is 6.55. The van der Waals surface area contributed by atoms with Crippen LogP contribution < -0.4 is 4.90 Å². The number of hydrogen-bond donors (Lipinski definition) is 0. The Labute approximate surface area is 167 Å². The summed E-state index contributed by atoms with van der Waals surface area (Å²) in [6.45, 7) is 8.85. The number of anilines is 1. The van der Waals surface area contributed by atoms with Gasteiger partial charge in [0.25, 0.3) is 0 Å². The SMILES string of the molecule is CCN1CCC(CC(=O)c2nn(C)c3nc(N4CCCCC4C)ccc23)CC1. The first-order valence-electron chi connectivity index (χ1n) is 10.9. The lowest BCUT2D eigenvalue weighted by molar-refractivity contribution is 0.0926. The monoisotopic (exact) mass is 383 g/mol. The molecule has 4 heterocycles. The van der Waals surface area contributed by atoms with Crippen LogP contribution in [0.1, 0.15) is 62.9 Å². The first-order valence-corrected chi connectivity index (χ1v) is 10.9. The maximum absolute atomic E-state index is 13.0. The standard InChI is InChI=1S/C22H33N5O/c1-4-26-13-10-17(11-14-26)15-19(28)21-18-8-9-20(23-22(18)25(3)24-21)27-12-6-5-7-16(27)2/h8-9,16-17H,4-7,10-15H2,1-3H3. The van der Waals surface area contributed by atoms with Crippen molar-refractivity contribution in [2.24, 2.45) is 13.0 Å². The molecule has 2 aliphatic rings. The van der Waals surface area contributed by atoms with Crippen molar-refractivity contribution in [2.75, 3.05) is 31.1 Å². The van der Waals surface area contributed by atoms with Crippen molar-refractivity contribution in [3.63, 3.8) is 0 Å². The van der Waals surface area contributed by atoms with Gasteiger partial charge in [0.2, 0.25) is 0 Å². The predicted octanol–water partition coefficient (Wildman–Crippen LogP) is 3.65. The first-order chi connectivity index (χ1) is 13.6. The fourth-order valence-electron chi connectivity index (χ4n) is 4.79. The summed E-state index contributed by atoms with van der Waals surface area (Å²) in [4.78, 5) is 22.7. The lowest BCUT2D eigenvalue weighted by Gasteiger charge is -2.34. The quantitative estimate of drug-likeness (QED) is 0.738. The minimum Gasteiger partial charge on any atom is -0.354 e. The van der Waals surface area contributed by atoms with Gasteiger partial charge in [-0.2, -0.15) is 5.10 Å².